The number of hydrogen-bond donors (Lipinski definition) is 1. The number of carbonyl (C=O) groups is 1. The van der Waals surface area contributed by atoms with Gasteiger partial charge in [0.25, 0.3) is 0 Å². The van der Waals surface area contributed by atoms with Gasteiger partial charge in [0.1, 0.15) is 0 Å². The molecule has 0 saturated carbocycles. The summed E-state index contributed by atoms with van der Waals surface area (Å²) < 4.78 is 0. The maximum Gasteiger partial charge on any atom is 0.303 e. The van der Waals surface area contributed by atoms with Gasteiger partial charge in [-0.2, -0.15) is 0 Å². The smallest absolute Gasteiger partial charge is 0.303 e. The standard InChI is InChI=1S/C12H16O2S/c1-10(9-12(13)14)7-8-15-11-5-3-2-4-6-11/h2-6,10H,7-9H2,1H3,(H,13,14). The first kappa shape index (κ1) is 12.1. The van der Waals surface area contributed by atoms with Crippen molar-refractivity contribution in [2.45, 2.75) is 24.7 Å². The lowest BCUT2D eigenvalue weighted by Gasteiger charge is -2.07. The summed E-state index contributed by atoms with van der Waals surface area (Å²) in [6.45, 7) is 1.99. The van der Waals surface area contributed by atoms with Gasteiger partial charge in [-0.3, -0.25) is 4.79 Å². The molecule has 0 aliphatic heterocycles. The zero-order valence-electron chi connectivity index (χ0n) is 8.85. The van der Waals surface area contributed by atoms with Gasteiger partial charge in [0.05, 0.1) is 0 Å². The van der Waals surface area contributed by atoms with E-state index in [1.54, 1.807) is 11.8 Å². The monoisotopic (exact) mass is 224 g/mol. The first-order chi connectivity index (χ1) is 7.18. The van der Waals surface area contributed by atoms with Gasteiger partial charge in [0.15, 0.2) is 0 Å². The van der Waals surface area contributed by atoms with E-state index in [0.717, 1.165) is 12.2 Å². The lowest BCUT2D eigenvalue weighted by molar-refractivity contribution is -0.137. The van der Waals surface area contributed by atoms with Crippen molar-refractivity contribution in [1.29, 1.82) is 0 Å². The summed E-state index contributed by atoms with van der Waals surface area (Å²) in [5.41, 5.74) is 0. The molecule has 0 radical (unpaired) electrons. The lowest BCUT2D eigenvalue weighted by Crippen LogP contribution is -2.04. The van der Waals surface area contributed by atoms with Gasteiger partial charge in [-0.25, -0.2) is 0 Å². The van der Waals surface area contributed by atoms with Crippen molar-refractivity contribution in [3.8, 4) is 0 Å². The molecule has 1 unspecified atom stereocenters. The van der Waals surface area contributed by atoms with E-state index in [0.29, 0.717) is 0 Å². The summed E-state index contributed by atoms with van der Waals surface area (Å²) in [6.07, 6.45) is 1.22. The summed E-state index contributed by atoms with van der Waals surface area (Å²) in [4.78, 5) is 11.7. The van der Waals surface area contributed by atoms with Gasteiger partial charge in [-0.05, 0) is 30.2 Å². The van der Waals surface area contributed by atoms with E-state index in [-0.39, 0.29) is 12.3 Å². The van der Waals surface area contributed by atoms with E-state index >= 15 is 0 Å². The Morgan fingerprint density at radius 1 is 1.40 bits per heavy atom. The van der Waals surface area contributed by atoms with Gasteiger partial charge in [0, 0.05) is 11.3 Å². The number of carboxylic acids is 1. The zero-order chi connectivity index (χ0) is 11.1. The third-order valence-electron chi connectivity index (χ3n) is 2.15. The van der Waals surface area contributed by atoms with Crippen molar-refractivity contribution in [3.05, 3.63) is 30.3 Å². The summed E-state index contributed by atoms with van der Waals surface area (Å²) in [5, 5.41) is 8.59. The SMILES string of the molecule is CC(CCSc1ccccc1)CC(=O)O. The Morgan fingerprint density at radius 3 is 2.67 bits per heavy atom. The molecule has 0 bridgehead atoms. The molecule has 0 heterocycles. The van der Waals surface area contributed by atoms with Crippen molar-refractivity contribution in [2.75, 3.05) is 5.75 Å². The minimum atomic E-state index is -0.702. The molecule has 0 aliphatic carbocycles. The molecule has 0 saturated heterocycles. The van der Waals surface area contributed by atoms with E-state index < -0.39 is 5.97 Å². The summed E-state index contributed by atoms with van der Waals surface area (Å²) in [6, 6.07) is 10.2. The van der Waals surface area contributed by atoms with Crippen molar-refractivity contribution in [1.82, 2.24) is 0 Å². The third-order valence-corrected chi connectivity index (χ3v) is 3.19. The molecule has 3 heteroatoms. The Balaban J connectivity index is 2.19. The molecule has 1 aromatic rings. The van der Waals surface area contributed by atoms with E-state index in [9.17, 15) is 4.79 Å². The largest absolute Gasteiger partial charge is 0.481 e. The highest BCUT2D eigenvalue weighted by Crippen LogP contribution is 2.20. The van der Waals surface area contributed by atoms with Crippen molar-refractivity contribution in [3.63, 3.8) is 0 Å². The van der Waals surface area contributed by atoms with Crippen molar-refractivity contribution < 1.29 is 9.90 Å². The molecule has 1 rings (SSSR count). The van der Waals surface area contributed by atoms with Crippen LogP contribution < -0.4 is 0 Å². The first-order valence-corrected chi connectivity index (χ1v) is 6.06. The van der Waals surface area contributed by atoms with Gasteiger partial charge in [-0.1, -0.05) is 25.1 Å². The maximum atomic E-state index is 10.4. The summed E-state index contributed by atoms with van der Waals surface area (Å²) in [7, 11) is 0. The number of thioether (sulfide) groups is 1. The predicted octanol–water partition coefficient (Wildman–Crippen LogP) is 3.28. The molecule has 15 heavy (non-hydrogen) atoms. The number of hydrogen-bond acceptors (Lipinski definition) is 2. The highest BCUT2D eigenvalue weighted by molar-refractivity contribution is 7.99. The number of aliphatic carboxylic acids is 1. The highest BCUT2D eigenvalue weighted by Gasteiger charge is 2.07. The van der Waals surface area contributed by atoms with E-state index in [1.165, 1.54) is 4.90 Å². The van der Waals surface area contributed by atoms with Crippen LogP contribution in [0.4, 0.5) is 0 Å². The van der Waals surface area contributed by atoms with E-state index in [2.05, 4.69) is 12.1 Å². The van der Waals surface area contributed by atoms with Crippen LogP contribution in [0.25, 0.3) is 0 Å². The van der Waals surface area contributed by atoms with Crippen molar-refractivity contribution >= 4 is 17.7 Å². The van der Waals surface area contributed by atoms with Gasteiger partial charge in [0.2, 0.25) is 0 Å². The molecule has 0 fully saturated rings. The Kier molecular flexibility index (Phi) is 5.26. The van der Waals surface area contributed by atoms with Crippen LogP contribution >= 0.6 is 11.8 Å². The second-order valence-corrected chi connectivity index (χ2v) is 4.82. The van der Waals surface area contributed by atoms with Crippen LogP contribution in [0.2, 0.25) is 0 Å². The normalized spacial score (nSPS) is 12.3. The fourth-order valence-electron chi connectivity index (χ4n) is 1.29. The Bertz CT molecular complexity index is 298. The zero-order valence-corrected chi connectivity index (χ0v) is 9.67. The maximum absolute atomic E-state index is 10.4. The molecule has 1 N–H and O–H groups in total. The van der Waals surface area contributed by atoms with Gasteiger partial charge < -0.3 is 5.11 Å². The van der Waals surface area contributed by atoms with Crippen LogP contribution in [0.1, 0.15) is 19.8 Å². The summed E-state index contributed by atoms with van der Waals surface area (Å²) >= 11 is 1.78. The third kappa shape index (κ3) is 5.47. The average Bonchev–Trinajstić information content (AvgIpc) is 2.18. The topological polar surface area (TPSA) is 37.3 Å². The van der Waals surface area contributed by atoms with Crippen LogP contribution in [-0.2, 0) is 4.79 Å². The van der Waals surface area contributed by atoms with Crippen molar-refractivity contribution in [2.24, 2.45) is 5.92 Å². The van der Waals surface area contributed by atoms with Gasteiger partial charge >= 0.3 is 5.97 Å². The molecule has 0 spiro atoms. The molecule has 0 aromatic heterocycles. The fraction of sp³-hybridized carbons (Fsp3) is 0.417. The number of rotatable bonds is 6. The molecular formula is C12H16O2S. The van der Waals surface area contributed by atoms with E-state index in [4.69, 9.17) is 5.11 Å². The molecule has 2 nitrogen and oxygen atoms in total. The molecular weight excluding hydrogens is 208 g/mol. The molecule has 82 valence electrons. The minimum absolute atomic E-state index is 0.263. The Labute approximate surface area is 94.7 Å². The second kappa shape index (κ2) is 6.51. The molecule has 1 aromatic carbocycles. The molecule has 0 amide bonds. The van der Waals surface area contributed by atoms with Crippen LogP contribution in [0.15, 0.2) is 35.2 Å². The first-order valence-electron chi connectivity index (χ1n) is 5.08. The number of benzene rings is 1. The van der Waals surface area contributed by atoms with Gasteiger partial charge in [-0.15, -0.1) is 11.8 Å². The quantitative estimate of drug-likeness (QED) is 0.753. The fourth-order valence-corrected chi connectivity index (χ4v) is 2.40. The average molecular weight is 224 g/mol. The predicted molar refractivity (Wildman–Crippen MR) is 63.2 cm³/mol. The highest BCUT2D eigenvalue weighted by atomic mass is 32.2. The Hall–Kier alpha value is -0.960. The molecule has 0 aliphatic rings. The second-order valence-electron chi connectivity index (χ2n) is 3.65. The molecule has 1 atom stereocenters. The Morgan fingerprint density at radius 2 is 2.07 bits per heavy atom. The van der Waals surface area contributed by atoms with Crippen LogP contribution in [0.3, 0.4) is 0 Å². The minimum Gasteiger partial charge on any atom is -0.481 e. The number of carboxylic acid groups (broad SMARTS) is 1. The van der Waals surface area contributed by atoms with E-state index in [1.807, 2.05) is 25.1 Å². The van der Waals surface area contributed by atoms with Crippen LogP contribution in [-0.4, -0.2) is 16.8 Å². The van der Waals surface area contributed by atoms with Crippen LogP contribution in [0, 0.1) is 5.92 Å². The lowest BCUT2D eigenvalue weighted by atomic mass is 10.1. The van der Waals surface area contributed by atoms with Crippen LogP contribution in [0.5, 0.6) is 0 Å². The summed E-state index contributed by atoms with van der Waals surface area (Å²) in [5.74, 6) is 0.546.